The monoisotopic (exact) mass is 528 g/mol. The Morgan fingerprint density at radius 3 is 2.33 bits per heavy atom. The lowest BCUT2D eigenvalue weighted by Gasteiger charge is -2.28. The molecule has 0 spiro atoms. The minimum Gasteiger partial charge on any atom is -0.493 e. The van der Waals surface area contributed by atoms with Gasteiger partial charge in [0.05, 0.1) is 25.9 Å². The van der Waals surface area contributed by atoms with Gasteiger partial charge < -0.3 is 18.9 Å². The summed E-state index contributed by atoms with van der Waals surface area (Å²) in [7, 11) is -0.721. The third-order valence-electron chi connectivity index (χ3n) is 6.40. The summed E-state index contributed by atoms with van der Waals surface area (Å²) in [6, 6.07) is 4.97. The lowest BCUT2D eigenvalue weighted by Crippen LogP contribution is -2.36. The van der Waals surface area contributed by atoms with Crippen LogP contribution in [-0.2, 0) is 28.6 Å². The highest BCUT2D eigenvalue weighted by Crippen LogP contribution is 2.36. The second kappa shape index (κ2) is 13.4. The average molecular weight is 529 g/mol. The van der Waals surface area contributed by atoms with Crippen LogP contribution in [0.5, 0.6) is 11.5 Å². The minimum atomic E-state index is -3.86. The minimum absolute atomic E-state index is 0.0468. The van der Waals surface area contributed by atoms with Crippen molar-refractivity contribution in [3.05, 3.63) is 23.8 Å². The van der Waals surface area contributed by atoms with E-state index in [1.807, 2.05) is 27.7 Å². The Kier molecular flexibility index (Phi) is 11.2. The van der Waals surface area contributed by atoms with E-state index in [1.54, 1.807) is 25.3 Å². The molecule has 36 heavy (non-hydrogen) atoms. The summed E-state index contributed by atoms with van der Waals surface area (Å²) < 4.78 is 51.3. The number of cyclic esters (lactones) is 1. The van der Waals surface area contributed by atoms with Gasteiger partial charge in [-0.15, -0.1) is 0 Å². The summed E-state index contributed by atoms with van der Waals surface area (Å²) in [4.78, 5) is 26.0. The SMILES string of the molecule is COCCCOc1cc(C(=O)[C@@H](C[C@@H](OS(C)(=O)=O)[C@H]2C[C@@H](C(C)C)C(=O)O2)C(C)C)ccc1OC. The molecule has 1 aliphatic rings. The second-order valence-electron chi connectivity index (χ2n) is 9.91. The van der Waals surface area contributed by atoms with Gasteiger partial charge in [-0.05, 0) is 36.5 Å². The highest BCUT2D eigenvalue weighted by Gasteiger charge is 2.43. The molecule has 1 aromatic carbocycles. The van der Waals surface area contributed by atoms with Crippen LogP contribution in [0.1, 0.15) is 57.3 Å². The van der Waals surface area contributed by atoms with Gasteiger partial charge in [0.25, 0.3) is 10.1 Å². The Morgan fingerprint density at radius 1 is 1.11 bits per heavy atom. The molecule has 1 heterocycles. The number of benzene rings is 1. The number of carbonyl (C=O) groups excluding carboxylic acids is 2. The van der Waals surface area contributed by atoms with Crippen molar-refractivity contribution < 1.29 is 41.1 Å². The molecule has 2 rings (SSSR count). The molecule has 0 aliphatic carbocycles. The van der Waals surface area contributed by atoms with E-state index in [9.17, 15) is 18.0 Å². The van der Waals surface area contributed by atoms with Crippen molar-refractivity contribution in [2.24, 2.45) is 23.7 Å². The van der Waals surface area contributed by atoms with E-state index in [2.05, 4.69) is 0 Å². The number of ketones is 1. The molecule has 0 N–H and O–H groups in total. The zero-order valence-electron chi connectivity index (χ0n) is 22.3. The van der Waals surface area contributed by atoms with Crippen LogP contribution in [0.25, 0.3) is 0 Å². The standard InChI is InChI=1S/C26H40O9S/c1-16(2)19(14-24(35-36(7,29)30)23-15-20(17(3)4)26(28)34-23)25(27)18-9-10-21(32-6)22(13-18)33-12-8-11-31-5/h9-10,13,16-17,19-20,23-24H,8,11-12,14-15H2,1-7H3/t19-,20-,23+,24+/m0/s1. The predicted octanol–water partition coefficient (Wildman–Crippen LogP) is 3.89. The maximum absolute atomic E-state index is 13.6. The molecule has 1 fully saturated rings. The van der Waals surface area contributed by atoms with E-state index >= 15 is 0 Å². The van der Waals surface area contributed by atoms with Crippen LogP contribution < -0.4 is 9.47 Å². The molecule has 4 atom stereocenters. The van der Waals surface area contributed by atoms with Gasteiger partial charge in [-0.2, -0.15) is 8.42 Å². The van der Waals surface area contributed by atoms with Crippen molar-refractivity contribution in [3.8, 4) is 11.5 Å². The highest BCUT2D eigenvalue weighted by atomic mass is 32.2. The number of ether oxygens (including phenoxy) is 4. The topological polar surface area (TPSA) is 114 Å². The van der Waals surface area contributed by atoms with Crippen LogP contribution in [0.3, 0.4) is 0 Å². The Bertz CT molecular complexity index is 987. The van der Waals surface area contributed by atoms with Crippen molar-refractivity contribution in [1.82, 2.24) is 0 Å². The third-order valence-corrected chi connectivity index (χ3v) is 7.00. The molecule has 204 valence electrons. The summed E-state index contributed by atoms with van der Waals surface area (Å²) in [6.45, 7) is 8.55. The van der Waals surface area contributed by atoms with Crippen LogP contribution in [0.4, 0.5) is 0 Å². The fraction of sp³-hybridized carbons (Fsp3) is 0.692. The average Bonchev–Trinajstić information content (AvgIpc) is 3.19. The first-order chi connectivity index (χ1) is 16.9. The molecule has 1 saturated heterocycles. The first-order valence-electron chi connectivity index (χ1n) is 12.3. The van der Waals surface area contributed by atoms with Crippen LogP contribution >= 0.6 is 0 Å². The summed E-state index contributed by atoms with van der Waals surface area (Å²) in [5.41, 5.74) is 0.415. The van der Waals surface area contributed by atoms with Crippen molar-refractivity contribution in [2.45, 2.75) is 59.2 Å². The number of carbonyl (C=O) groups is 2. The maximum Gasteiger partial charge on any atom is 0.309 e. The molecule has 0 unspecified atom stereocenters. The number of hydrogen-bond acceptors (Lipinski definition) is 9. The molecule has 0 bridgehead atoms. The van der Waals surface area contributed by atoms with Crippen LogP contribution in [0.15, 0.2) is 18.2 Å². The molecule has 1 aliphatic heterocycles. The van der Waals surface area contributed by atoms with Crippen molar-refractivity contribution >= 4 is 21.9 Å². The smallest absolute Gasteiger partial charge is 0.309 e. The summed E-state index contributed by atoms with van der Waals surface area (Å²) >= 11 is 0. The normalized spacial score (nSPS) is 19.9. The Hall–Kier alpha value is -2.17. The van der Waals surface area contributed by atoms with Gasteiger partial charge in [0.2, 0.25) is 0 Å². The van der Waals surface area contributed by atoms with E-state index < -0.39 is 28.2 Å². The number of Topliss-reactive ketones (excluding diaryl/α,β-unsaturated/α-hetero) is 1. The highest BCUT2D eigenvalue weighted by molar-refractivity contribution is 7.86. The van der Waals surface area contributed by atoms with Crippen LogP contribution in [-0.4, -0.2) is 66.1 Å². The molecule has 10 heteroatoms. The molecule has 0 amide bonds. The van der Waals surface area contributed by atoms with Gasteiger partial charge in [0.15, 0.2) is 17.3 Å². The number of methoxy groups -OCH3 is 2. The van der Waals surface area contributed by atoms with Gasteiger partial charge in [0, 0.05) is 38.0 Å². The number of esters is 1. The summed E-state index contributed by atoms with van der Waals surface area (Å²) in [5, 5.41) is 0. The summed E-state index contributed by atoms with van der Waals surface area (Å²) in [6.07, 6.45) is 0.352. The fourth-order valence-corrected chi connectivity index (χ4v) is 5.01. The molecule has 0 radical (unpaired) electrons. The van der Waals surface area contributed by atoms with Crippen LogP contribution in [0, 0.1) is 23.7 Å². The predicted molar refractivity (Wildman–Crippen MR) is 135 cm³/mol. The van der Waals surface area contributed by atoms with E-state index in [0.717, 1.165) is 6.26 Å². The Balaban J connectivity index is 2.30. The Morgan fingerprint density at radius 2 is 1.81 bits per heavy atom. The van der Waals surface area contributed by atoms with Gasteiger partial charge >= 0.3 is 5.97 Å². The van der Waals surface area contributed by atoms with Crippen molar-refractivity contribution in [1.29, 1.82) is 0 Å². The molecular weight excluding hydrogens is 488 g/mol. The van der Waals surface area contributed by atoms with Gasteiger partial charge in [-0.3, -0.25) is 13.8 Å². The quantitative estimate of drug-likeness (QED) is 0.145. The molecule has 0 aromatic heterocycles. The lowest BCUT2D eigenvalue weighted by atomic mass is 9.81. The Labute approximate surface area is 214 Å². The fourth-order valence-electron chi connectivity index (χ4n) is 4.36. The zero-order chi connectivity index (χ0) is 27.0. The van der Waals surface area contributed by atoms with Crippen molar-refractivity contribution in [3.63, 3.8) is 0 Å². The molecular formula is C26H40O9S. The van der Waals surface area contributed by atoms with E-state index in [-0.39, 0.29) is 35.9 Å². The van der Waals surface area contributed by atoms with E-state index in [4.69, 9.17) is 23.1 Å². The molecule has 9 nitrogen and oxygen atoms in total. The largest absolute Gasteiger partial charge is 0.493 e. The third kappa shape index (κ3) is 8.45. The van der Waals surface area contributed by atoms with Gasteiger partial charge in [-0.1, -0.05) is 27.7 Å². The first kappa shape index (κ1) is 30.1. The van der Waals surface area contributed by atoms with E-state index in [1.165, 1.54) is 7.11 Å². The van der Waals surface area contributed by atoms with Crippen LogP contribution in [0.2, 0.25) is 0 Å². The van der Waals surface area contributed by atoms with E-state index in [0.29, 0.717) is 43.1 Å². The first-order valence-corrected chi connectivity index (χ1v) is 14.1. The molecule has 0 saturated carbocycles. The summed E-state index contributed by atoms with van der Waals surface area (Å²) in [5.74, 6) is -0.607. The van der Waals surface area contributed by atoms with Gasteiger partial charge in [0.1, 0.15) is 12.2 Å². The number of hydrogen-bond donors (Lipinski definition) is 0. The van der Waals surface area contributed by atoms with Gasteiger partial charge in [-0.25, -0.2) is 0 Å². The number of rotatable bonds is 15. The molecule has 1 aromatic rings. The maximum atomic E-state index is 13.6. The van der Waals surface area contributed by atoms with Crippen molar-refractivity contribution in [2.75, 3.05) is 33.7 Å². The second-order valence-corrected chi connectivity index (χ2v) is 11.5. The lowest BCUT2D eigenvalue weighted by molar-refractivity contribution is -0.148. The zero-order valence-corrected chi connectivity index (χ0v) is 23.1.